The minimum absolute atomic E-state index is 0.460. The second kappa shape index (κ2) is 6.58. The molecule has 1 nitrogen and oxygen atoms in total. The van der Waals surface area contributed by atoms with Crippen LogP contribution in [0, 0.1) is 6.92 Å². The Bertz CT molecular complexity index is 922. The molecule has 0 atom stereocenters. The van der Waals surface area contributed by atoms with Gasteiger partial charge in [0.2, 0.25) is 0 Å². The summed E-state index contributed by atoms with van der Waals surface area (Å²) >= 11 is 12.5. The van der Waals surface area contributed by atoms with Gasteiger partial charge in [-0.3, -0.25) is 0 Å². The number of rotatable bonds is 3. The SMILES string of the molecule is CCn1c(Cc2c(Cl)cccc2Cl)cc2c(C)cc(C(F)(F)F)cc21. The minimum Gasteiger partial charge on any atom is -0.345 e. The highest BCUT2D eigenvalue weighted by molar-refractivity contribution is 6.36. The lowest BCUT2D eigenvalue weighted by atomic mass is 10.1. The van der Waals surface area contributed by atoms with E-state index in [1.165, 1.54) is 12.1 Å². The van der Waals surface area contributed by atoms with Gasteiger partial charge in [0.05, 0.1) is 5.56 Å². The molecule has 0 fully saturated rings. The Balaban J connectivity index is 2.18. The first-order valence-corrected chi connectivity index (χ1v) is 8.60. The van der Waals surface area contributed by atoms with E-state index in [0.29, 0.717) is 34.1 Å². The number of alkyl halides is 3. The van der Waals surface area contributed by atoms with Crippen LogP contribution in [-0.4, -0.2) is 4.57 Å². The zero-order valence-corrected chi connectivity index (χ0v) is 15.2. The third kappa shape index (κ3) is 3.38. The van der Waals surface area contributed by atoms with E-state index in [1.807, 2.05) is 17.6 Å². The summed E-state index contributed by atoms with van der Waals surface area (Å²) in [5, 5.41) is 1.91. The summed E-state index contributed by atoms with van der Waals surface area (Å²) in [7, 11) is 0. The van der Waals surface area contributed by atoms with Gasteiger partial charge in [-0.2, -0.15) is 13.2 Å². The first kappa shape index (κ1) is 18.2. The molecule has 1 heterocycles. The average molecular weight is 386 g/mol. The van der Waals surface area contributed by atoms with Crippen molar-refractivity contribution in [3.63, 3.8) is 0 Å². The number of nitrogens with zero attached hydrogens (tertiary/aromatic N) is 1. The normalized spacial score (nSPS) is 12.1. The molecule has 6 heteroatoms. The van der Waals surface area contributed by atoms with Gasteiger partial charge >= 0.3 is 6.18 Å². The smallest absolute Gasteiger partial charge is 0.345 e. The van der Waals surface area contributed by atoms with Crippen molar-refractivity contribution in [1.29, 1.82) is 0 Å². The predicted molar refractivity (Wildman–Crippen MR) is 96.6 cm³/mol. The molecule has 25 heavy (non-hydrogen) atoms. The summed E-state index contributed by atoms with van der Waals surface area (Å²) in [5.74, 6) is 0. The second-order valence-electron chi connectivity index (χ2n) is 5.98. The Kier molecular flexibility index (Phi) is 4.78. The monoisotopic (exact) mass is 385 g/mol. The van der Waals surface area contributed by atoms with E-state index in [4.69, 9.17) is 23.2 Å². The highest BCUT2D eigenvalue weighted by atomic mass is 35.5. The Morgan fingerprint density at radius 1 is 1.04 bits per heavy atom. The van der Waals surface area contributed by atoms with Crippen molar-refractivity contribution in [2.45, 2.75) is 33.0 Å². The zero-order chi connectivity index (χ0) is 18.4. The Labute approximate surface area is 154 Å². The van der Waals surface area contributed by atoms with Gasteiger partial charge in [-0.1, -0.05) is 29.3 Å². The van der Waals surface area contributed by atoms with E-state index in [1.54, 1.807) is 25.1 Å². The van der Waals surface area contributed by atoms with Crippen LogP contribution in [0.4, 0.5) is 13.2 Å². The third-order valence-electron chi connectivity index (χ3n) is 4.38. The first-order valence-electron chi connectivity index (χ1n) is 7.85. The highest BCUT2D eigenvalue weighted by Crippen LogP contribution is 2.35. The van der Waals surface area contributed by atoms with Crippen LogP contribution in [0.25, 0.3) is 10.9 Å². The lowest BCUT2D eigenvalue weighted by molar-refractivity contribution is -0.137. The van der Waals surface area contributed by atoms with Gasteiger partial charge in [0.1, 0.15) is 0 Å². The number of hydrogen-bond acceptors (Lipinski definition) is 0. The molecular weight excluding hydrogens is 370 g/mol. The maximum absolute atomic E-state index is 13.1. The van der Waals surface area contributed by atoms with E-state index in [0.717, 1.165) is 16.6 Å². The molecule has 2 aromatic carbocycles. The zero-order valence-electron chi connectivity index (χ0n) is 13.7. The van der Waals surface area contributed by atoms with Crippen LogP contribution in [0.5, 0.6) is 0 Å². The van der Waals surface area contributed by atoms with E-state index in [2.05, 4.69) is 0 Å². The fourth-order valence-corrected chi connectivity index (χ4v) is 3.69. The summed E-state index contributed by atoms with van der Waals surface area (Å²) in [6, 6.07) is 9.61. The lowest BCUT2D eigenvalue weighted by Gasteiger charge is -2.12. The highest BCUT2D eigenvalue weighted by Gasteiger charge is 2.31. The summed E-state index contributed by atoms with van der Waals surface area (Å²) in [4.78, 5) is 0. The Morgan fingerprint density at radius 3 is 2.24 bits per heavy atom. The number of aryl methyl sites for hydroxylation is 2. The molecule has 0 saturated heterocycles. The van der Waals surface area contributed by atoms with Crippen molar-refractivity contribution in [3.05, 3.63) is 68.8 Å². The maximum atomic E-state index is 13.1. The van der Waals surface area contributed by atoms with Gasteiger partial charge in [0.25, 0.3) is 0 Å². The Morgan fingerprint density at radius 2 is 1.68 bits per heavy atom. The number of aromatic nitrogens is 1. The summed E-state index contributed by atoms with van der Waals surface area (Å²) in [6.07, 6.45) is -3.91. The molecule has 3 aromatic rings. The van der Waals surface area contributed by atoms with Gasteiger partial charge in [0.15, 0.2) is 0 Å². The largest absolute Gasteiger partial charge is 0.416 e. The van der Waals surface area contributed by atoms with Crippen LogP contribution in [0.2, 0.25) is 10.0 Å². The number of benzene rings is 2. The van der Waals surface area contributed by atoms with Crippen molar-refractivity contribution in [3.8, 4) is 0 Å². The molecule has 3 rings (SSSR count). The fourth-order valence-electron chi connectivity index (χ4n) is 3.16. The molecule has 0 radical (unpaired) electrons. The fraction of sp³-hybridized carbons (Fsp3) is 0.263. The molecule has 0 unspecified atom stereocenters. The van der Waals surface area contributed by atoms with Crippen LogP contribution in [0.1, 0.15) is 29.3 Å². The van der Waals surface area contributed by atoms with Crippen molar-refractivity contribution >= 4 is 34.1 Å². The van der Waals surface area contributed by atoms with E-state index < -0.39 is 11.7 Å². The molecule has 0 saturated carbocycles. The minimum atomic E-state index is -4.37. The van der Waals surface area contributed by atoms with Crippen molar-refractivity contribution in [1.82, 2.24) is 4.57 Å². The molecule has 0 aliphatic carbocycles. The van der Waals surface area contributed by atoms with Crippen LogP contribution in [0.3, 0.4) is 0 Å². The molecular formula is C19H16Cl2F3N. The van der Waals surface area contributed by atoms with Crippen LogP contribution in [-0.2, 0) is 19.1 Å². The van der Waals surface area contributed by atoms with Crippen molar-refractivity contribution in [2.24, 2.45) is 0 Å². The van der Waals surface area contributed by atoms with Gasteiger partial charge in [-0.25, -0.2) is 0 Å². The molecule has 0 bridgehead atoms. The molecule has 0 spiro atoms. The number of fused-ring (bicyclic) bond motifs is 1. The van der Waals surface area contributed by atoms with Gasteiger partial charge in [-0.15, -0.1) is 0 Å². The standard InChI is InChI=1S/C19H16Cl2F3N/c1-3-25-13(10-15-16(20)5-4-6-17(15)21)9-14-11(2)7-12(8-18(14)25)19(22,23)24/h4-9H,3,10H2,1-2H3. The van der Waals surface area contributed by atoms with Crippen molar-refractivity contribution in [2.75, 3.05) is 0 Å². The summed E-state index contributed by atoms with van der Waals surface area (Å²) in [5.41, 5.74) is 2.20. The first-order chi connectivity index (χ1) is 11.7. The maximum Gasteiger partial charge on any atom is 0.416 e. The van der Waals surface area contributed by atoms with Gasteiger partial charge < -0.3 is 4.57 Å². The third-order valence-corrected chi connectivity index (χ3v) is 5.08. The molecule has 0 N–H and O–H groups in total. The summed E-state index contributed by atoms with van der Waals surface area (Å²) in [6.45, 7) is 4.16. The molecule has 0 aliphatic heterocycles. The quantitative estimate of drug-likeness (QED) is 0.462. The van der Waals surface area contributed by atoms with E-state index in [9.17, 15) is 13.2 Å². The average Bonchev–Trinajstić information content (AvgIpc) is 2.88. The number of halogens is 5. The van der Waals surface area contributed by atoms with Crippen LogP contribution in [0.15, 0.2) is 36.4 Å². The van der Waals surface area contributed by atoms with Gasteiger partial charge in [-0.05, 0) is 55.3 Å². The van der Waals surface area contributed by atoms with Gasteiger partial charge in [0, 0.05) is 39.6 Å². The van der Waals surface area contributed by atoms with Crippen LogP contribution >= 0.6 is 23.2 Å². The molecule has 132 valence electrons. The van der Waals surface area contributed by atoms with Crippen LogP contribution < -0.4 is 0 Å². The molecule has 1 aromatic heterocycles. The number of hydrogen-bond donors (Lipinski definition) is 0. The lowest BCUT2D eigenvalue weighted by Crippen LogP contribution is -2.07. The topological polar surface area (TPSA) is 4.93 Å². The van der Waals surface area contributed by atoms with Crippen molar-refractivity contribution < 1.29 is 13.2 Å². The molecule has 0 aliphatic rings. The second-order valence-corrected chi connectivity index (χ2v) is 6.80. The Hall–Kier alpha value is -1.65. The van der Waals surface area contributed by atoms with E-state index >= 15 is 0 Å². The van der Waals surface area contributed by atoms with E-state index in [-0.39, 0.29) is 0 Å². The molecule has 0 amide bonds. The summed E-state index contributed by atoms with van der Waals surface area (Å²) < 4.78 is 41.3. The predicted octanol–water partition coefficient (Wildman–Crippen LogP) is 6.89.